The number of amides is 1. The molecular formula is C16H23ClN2O2. The lowest BCUT2D eigenvalue weighted by Gasteiger charge is -2.25. The first kappa shape index (κ1) is 16.1. The minimum Gasteiger partial charge on any atom is -0.444 e. The minimum absolute atomic E-state index is 0.0138. The van der Waals surface area contributed by atoms with Crippen LogP contribution in [0.15, 0.2) is 18.2 Å². The fourth-order valence-corrected chi connectivity index (χ4v) is 2.92. The van der Waals surface area contributed by atoms with Gasteiger partial charge in [-0.05, 0) is 44.9 Å². The fourth-order valence-electron chi connectivity index (χ4n) is 2.55. The summed E-state index contributed by atoms with van der Waals surface area (Å²) in [7, 11) is 0. The summed E-state index contributed by atoms with van der Waals surface area (Å²) in [4.78, 5) is 11.9. The second-order valence-electron chi connectivity index (χ2n) is 6.54. The maximum Gasteiger partial charge on any atom is 0.407 e. The van der Waals surface area contributed by atoms with Crippen molar-refractivity contribution in [3.63, 3.8) is 0 Å². The molecule has 1 amide bonds. The summed E-state index contributed by atoms with van der Waals surface area (Å²) < 4.78 is 5.32. The van der Waals surface area contributed by atoms with Crippen molar-refractivity contribution in [1.82, 2.24) is 10.6 Å². The molecule has 1 fully saturated rings. The Bertz CT molecular complexity index is 525. The molecule has 1 saturated heterocycles. The molecule has 4 nitrogen and oxygen atoms in total. The van der Waals surface area contributed by atoms with Gasteiger partial charge in [-0.3, -0.25) is 0 Å². The average molecular weight is 311 g/mol. The molecule has 0 saturated carbocycles. The molecule has 1 heterocycles. The van der Waals surface area contributed by atoms with E-state index in [4.69, 9.17) is 16.3 Å². The maximum absolute atomic E-state index is 11.9. The zero-order valence-electron chi connectivity index (χ0n) is 13.0. The highest BCUT2D eigenvalue weighted by molar-refractivity contribution is 6.31. The van der Waals surface area contributed by atoms with Crippen LogP contribution in [0, 0.1) is 6.92 Å². The predicted octanol–water partition coefficient (Wildman–Crippen LogP) is 3.23. The molecule has 1 aromatic carbocycles. The van der Waals surface area contributed by atoms with Gasteiger partial charge in [0.1, 0.15) is 5.60 Å². The molecule has 21 heavy (non-hydrogen) atoms. The van der Waals surface area contributed by atoms with Gasteiger partial charge in [0.05, 0.1) is 6.04 Å². The van der Waals surface area contributed by atoms with E-state index in [-0.39, 0.29) is 18.1 Å². The third kappa shape index (κ3) is 4.35. The second-order valence-corrected chi connectivity index (χ2v) is 6.95. The van der Waals surface area contributed by atoms with E-state index >= 15 is 0 Å². The van der Waals surface area contributed by atoms with E-state index in [9.17, 15) is 4.79 Å². The standard InChI is InChI=1S/C16H23ClN2O2/c1-10-5-6-11(13(17)7-10)12-8-18-9-14(12)19-15(20)21-16(2,3)4/h5-7,12,14,18H,8-9H2,1-4H3,(H,19,20). The third-order valence-corrected chi connectivity index (χ3v) is 3.80. The van der Waals surface area contributed by atoms with Crippen LogP contribution in [0.3, 0.4) is 0 Å². The number of nitrogens with one attached hydrogen (secondary N) is 2. The van der Waals surface area contributed by atoms with Gasteiger partial charge >= 0.3 is 6.09 Å². The van der Waals surface area contributed by atoms with Crippen LogP contribution in [-0.2, 0) is 4.74 Å². The Morgan fingerprint density at radius 3 is 2.71 bits per heavy atom. The topological polar surface area (TPSA) is 50.4 Å². The number of rotatable bonds is 2. The van der Waals surface area contributed by atoms with Crippen molar-refractivity contribution >= 4 is 17.7 Å². The summed E-state index contributed by atoms with van der Waals surface area (Å²) >= 11 is 6.35. The zero-order chi connectivity index (χ0) is 15.6. The van der Waals surface area contributed by atoms with Crippen molar-refractivity contribution in [2.45, 2.75) is 45.3 Å². The number of carbonyl (C=O) groups is 1. The molecule has 0 spiro atoms. The second kappa shape index (κ2) is 6.24. The third-order valence-electron chi connectivity index (χ3n) is 3.47. The molecule has 1 aliphatic rings. The summed E-state index contributed by atoms with van der Waals surface area (Å²) in [5, 5.41) is 7.00. The Morgan fingerprint density at radius 2 is 2.10 bits per heavy atom. The first-order valence-electron chi connectivity index (χ1n) is 7.22. The molecule has 2 rings (SSSR count). The Balaban J connectivity index is 2.08. The van der Waals surface area contributed by atoms with Gasteiger partial charge in [0.25, 0.3) is 0 Å². The summed E-state index contributed by atoms with van der Waals surface area (Å²) in [5.41, 5.74) is 1.70. The number of hydrogen-bond acceptors (Lipinski definition) is 3. The van der Waals surface area contributed by atoms with Crippen molar-refractivity contribution < 1.29 is 9.53 Å². The van der Waals surface area contributed by atoms with Crippen LogP contribution < -0.4 is 10.6 Å². The monoisotopic (exact) mass is 310 g/mol. The minimum atomic E-state index is -0.493. The van der Waals surface area contributed by atoms with E-state index < -0.39 is 5.60 Å². The van der Waals surface area contributed by atoms with Crippen LogP contribution in [0.2, 0.25) is 5.02 Å². The summed E-state index contributed by atoms with van der Waals surface area (Å²) in [6.07, 6.45) is -0.385. The van der Waals surface area contributed by atoms with Gasteiger partial charge in [0.15, 0.2) is 0 Å². The van der Waals surface area contributed by atoms with Crippen LogP contribution in [0.25, 0.3) is 0 Å². The molecule has 0 aromatic heterocycles. The molecule has 1 aromatic rings. The van der Waals surface area contributed by atoms with Crippen LogP contribution >= 0.6 is 11.6 Å². The van der Waals surface area contributed by atoms with E-state index in [2.05, 4.69) is 10.6 Å². The number of halogens is 1. The van der Waals surface area contributed by atoms with Crippen molar-refractivity contribution in [3.8, 4) is 0 Å². The molecule has 2 atom stereocenters. The molecule has 5 heteroatoms. The number of benzene rings is 1. The lowest BCUT2D eigenvalue weighted by Crippen LogP contribution is -2.42. The number of aryl methyl sites for hydroxylation is 1. The maximum atomic E-state index is 11.9. The number of hydrogen-bond donors (Lipinski definition) is 2. The van der Waals surface area contributed by atoms with Gasteiger partial charge < -0.3 is 15.4 Å². The van der Waals surface area contributed by atoms with E-state index in [1.807, 2.05) is 45.9 Å². The van der Waals surface area contributed by atoms with Crippen LogP contribution in [-0.4, -0.2) is 30.8 Å². The van der Waals surface area contributed by atoms with Gasteiger partial charge in [-0.25, -0.2) is 4.79 Å². The largest absolute Gasteiger partial charge is 0.444 e. The predicted molar refractivity (Wildman–Crippen MR) is 85.0 cm³/mol. The highest BCUT2D eigenvalue weighted by Gasteiger charge is 2.32. The molecule has 0 radical (unpaired) electrons. The lowest BCUT2D eigenvalue weighted by molar-refractivity contribution is 0.0504. The molecule has 0 aliphatic carbocycles. The van der Waals surface area contributed by atoms with E-state index in [1.165, 1.54) is 0 Å². The molecule has 1 aliphatic heterocycles. The Labute approximate surface area is 131 Å². The molecular weight excluding hydrogens is 288 g/mol. The molecule has 2 N–H and O–H groups in total. The Kier molecular flexibility index (Phi) is 4.79. The van der Waals surface area contributed by atoms with Gasteiger partial charge in [-0.2, -0.15) is 0 Å². The number of alkyl carbamates (subject to hydrolysis) is 1. The van der Waals surface area contributed by atoms with E-state index in [1.54, 1.807) is 0 Å². The van der Waals surface area contributed by atoms with Crippen LogP contribution in [0.1, 0.15) is 37.8 Å². The molecule has 116 valence electrons. The van der Waals surface area contributed by atoms with Gasteiger partial charge in [-0.1, -0.05) is 23.7 Å². The highest BCUT2D eigenvalue weighted by Crippen LogP contribution is 2.30. The fraction of sp³-hybridized carbons (Fsp3) is 0.562. The first-order valence-corrected chi connectivity index (χ1v) is 7.60. The van der Waals surface area contributed by atoms with Crippen molar-refractivity contribution in [2.75, 3.05) is 13.1 Å². The Morgan fingerprint density at radius 1 is 1.38 bits per heavy atom. The number of carbonyl (C=O) groups excluding carboxylic acids is 1. The molecule has 2 unspecified atom stereocenters. The van der Waals surface area contributed by atoms with E-state index in [0.717, 1.165) is 22.7 Å². The van der Waals surface area contributed by atoms with Crippen molar-refractivity contribution in [1.29, 1.82) is 0 Å². The first-order chi connectivity index (χ1) is 9.76. The van der Waals surface area contributed by atoms with Gasteiger partial charge in [0.2, 0.25) is 0 Å². The average Bonchev–Trinajstić information content (AvgIpc) is 2.74. The van der Waals surface area contributed by atoms with Crippen molar-refractivity contribution in [2.24, 2.45) is 0 Å². The van der Waals surface area contributed by atoms with Crippen LogP contribution in [0.5, 0.6) is 0 Å². The lowest BCUT2D eigenvalue weighted by atomic mass is 9.93. The Hall–Kier alpha value is -1.26. The summed E-state index contributed by atoms with van der Waals surface area (Å²) in [6, 6.07) is 6.03. The zero-order valence-corrected chi connectivity index (χ0v) is 13.8. The summed E-state index contributed by atoms with van der Waals surface area (Å²) in [6.45, 7) is 9.09. The van der Waals surface area contributed by atoms with Crippen LogP contribution in [0.4, 0.5) is 4.79 Å². The smallest absolute Gasteiger partial charge is 0.407 e. The van der Waals surface area contributed by atoms with Gasteiger partial charge in [0, 0.05) is 24.0 Å². The van der Waals surface area contributed by atoms with E-state index in [0.29, 0.717) is 6.54 Å². The highest BCUT2D eigenvalue weighted by atomic mass is 35.5. The number of ether oxygens (including phenoxy) is 1. The van der Waals surface area contributed by atoms with Gasteiger partial charge in [-0.15, -0.1) is 0 Å². The summed E-state index contributed by atoms with van der Waals surface area (Å²) in [5.74, 6) is 0.158. The van der Waals surface area contributed by atoms with Crippen molar-refractivity contribution in [3.05, 3.63) is 34.3 Å². The quantitative estimate of drug-likeness (QED) is 0.882. The normalized spacial score (nSPS) is 22.1. The molecule has 0 bridgehead atoms. The SMILES string of the molecule is Cc1ccc(C2CNCC2NC(=O)OC(C)(C)C)c(Cl)c1.